The molecule has 28 heavy (non-hydrogen) atoms. The molecule has 1 amide bonds. The summed E-state index contributed by atoms with van der Waals surface area (Å²) in [5, 5.41) is 0. The normalized spacial score (nSPS) is 19.8. The van der Waals surface area contributed by atoms with E-state index >= 15 is 0 Å². The second-order valence-electron chi connectivity index (χ2n) is 8.82. The van der Waals surface area contributed by atoms with Crippen molar-refractivity contribution in [1.29, 1.82) is 0 Å². The molecule has 0 spiro atoms. The number of hydrogen-bond donors (Lipinski definition) is 0. The van der Waals surface area contributed by atoms with E-state index in [1.165, 1.54) is 23.1 Å². The summed E-state index contributed by atoms with van der Waals surface area (Å²) >= 11 is 5.97. The van der Waals surface area contributed by atoms with Crippen LogP contribution in [0.3, 0.4) is 0 Å². The van der Waals surface area contributed by atoms with Crippen molar-refractivity contribution in [3.8, 4) is 0 Å². The second kappa shape index (κ2) is 7.47. The largest absolute Gasteiger partial charge is 0.334 e. The SMILES string of the molecule is Cc1ncc2c(n1)CCC(N(Cc1ccc3c(c1)CCC3(C)C)C(=O)CCl)C2. The van der Waals surface area contributed by atoms with Gasteiger partial charge in [0.1, 0.15) is 11.7 Å². The Labute approximate surface area is 172 Å². The van der Waals surface area contributed by atoms with E-state index in [-0.39, 0.29) is 23.2 Å². The molecule has 1 aromatic carbocycles. The Hall–Kier alpha value is -1.94. The summed E-state index contributed by atoms with van der Waals surface area (Å²) in [5.74, 6) is 0.835. The van der Waals surface area contributed by atoms with Gasteiger partial charge in [0.2, 0.25) is 5.91 Å². The summed E-state index contributed by atoms with van der Waals surface area (Å²) in [6.45, 7) is 7.16. The summed E-state index contributed by atoms with van der Waals surface area (Å²) in [4.78, 5) is 23.6. The van der Waals surface area contributed by atoms with Crippen LogP contribution in [0.25, 0.3) is 0 Å². The third-order valence-corrected chi connectivity index (χ3v) is 6.62. The smallest absolute Gasteiger partial charge is 0.238 e. The first kappa shape index (κ1) is 19.4. The van der Waals surface area contributed by atoms with Gasteiger partial charge in [-0.3, -0.25) is 4.79 Å². The molecule has 4 nitrogen and oxygen atoms in total. The van der Waals surface area contributed by atoms with E-state index in [9.17, 15) is 4.79 Å². The van der Waals surface area contributed by atoms with E-state index < -0.39 is 0 Å². The number of rotatable bonds is 4. The Bertz CT molecular complexity index is 909. The number of fused-ring (bicyclic) bond motifs is 2. The van der Waals surface area contributed by atoms with Crippen molar-refractivity contribution < 1.29 is 4.79 Å². The molecule has 1 aromatic heterocycles. The number of aromatic nitrogens is 2. The maximum Gasteiger partial charge on any atom is 0.238 e. The lowest BCUT2D eigenvalue weighted by molar-refractivity contribution is -0.131. The van der Waals surface area contributed by atoms with Crippen molar-refractivity contribution in [2.75, 3.05) is 5.88 Å². The van der Waals surface area contributed by atoms with Crippen molar-refractivity contribution in [3.63, 3.8) is 0 Å². The topological polar surface area (TPSA) is 46.1 Å². The Morgan fingerprint density at radius 2 is 2.11 bits per heavy atom. The molecule has 148 valence electrons. The van der Waals surface area contributed by atoms with Crippen LogP contribution >= 0.6 is 11.6 Å². The van der Waals surface area contributed by atoms with Crippen LogP contribution in [-0.4, -0.2) is 32.7 Å². The molecule has 0 bridgehead atoms. The maximum atomic E-state index is 12.7. The van der Waals surface area contributed by atoms with Crippen LogP contribution in [-0.2, 0) is 36.0 Å². The molecule has 2 aromatic rings. The molecule has 1 unspecified atom stereocenters. The van der Waals surface area contributed by atoms with Gasteiger partial charge in [0.25, 0.3) is 0 Å². The van der Waals surface area contributed by atoms with Crippen LogP contribution in [0.4, 0.5) is 0 Å². The molecule has 2 aliphatic carbocycles. The third kappa shape index (κ3) is 3.67. The zero-order valence-electron chi connectivity index (χ0n) is 17.0. The minimum Gasteiger partial charge on any atom is -0.334 e. The number of nitrogens with zero attached hydrogens (tertiary/aromatic N) is 3. The molecule has 0 saturated heterocycles. The average molecular weight is 398 g/mol. The molecule has 4 rings (SSSR count). The predicted octanol–water partition coefficient (Wildman–Crippen LogP) is 4.13. The summed E-state index contributed by atoms with van der Waals surface area (Å²) in [6, 6.07) is 6.88. The number of amides is 1. The number of aryl methyl sites for hydroxylation is 3. The van der Waals surface area contributed by atoms with Gasteiger partial charge in [0.15, 0.2) is 0 Å². The molecule has 2 aliphatic rings. The fourth-order valence-corrected chi connectivity index (χ4v) is 4.90. The van der Waals surface area contributed by atoms with Gasteiger partial charge >= 0.3 is 0 Å². The summed E-state index contributed by atoms with van der Waals surface area (Å²) in [7, 11) is 0. The molecule has 1 heterocycles. The number of carbonyl (C=O) groups is 1. The quantitative estimate of drug-likeness (QED) is 0.728. The minimum absolute atomic E-state index is 0.00368. The standard InChI is InChI=1S/C23H28ClN3O/c1-15-25-13-18-11-19(5-7-21(18)26-15)27(22(28)12-24)14-16-4-6-20-17(10-16)8-9-23(20,2)3/h4,6,10,13,19H,5,7-9,11-12,14H2,1-3H3. The van der Waals surface area contributed by atoms with Crippen LogP contribution in [0.15, 0.2) is 24.4 Å². The highest BCUT2D eigenvalue weighted by atomic mass is 35.5. The lowest BCUT2D eigenvalue weighted by atomic mass is 9.86. The summed E-state index contributed by atoms with van der Waals surface area (Å²) in [6.07, 6.45) is 6.83. The van der Waals surface area contributed by atoms with Crippen molar-refractivity contribution in [1.82, 2.24) is 14.9 Å². The van der Waals surface area contributed by atoms with Gasteiger partial charge in [-0.25, -0.2) is 9.97 Å². The van der Waals surface area contributed by atoms with Gasteiger partial charge in [-0.2, -0.15) is 0 Å². The highest BCUT2D eigenvalue weighted by Gasteiger charge is 2.31. The van der Waals surface area contributed by atoms with E-state index in [1.807, 2.05) is 18.0 Å². The number of alkyl halides is 1. The number of hydrogen-bond acceptors (Lipinski definition) is 3. The van der Waals surface area contributed by atoms with Crippen molar-refractivity contribution in [2.24, 2.45) is 0 Å². The minimum atomic E-state index is 0.00368. The summed E-state index contributed by atoms with van der Waals surface area (Å²) in [5.41, 5.74) is 6.61. The Morgan fingerprint density at radius 3 is 2.89 bits per heavy atom. The third-order valence-electron chi connectivity index (χ3n) is 6.39. The van der Waals surface area contributed by atoms with E-state index in [0.717, 1.165) is 42.8 Å². The van der Waals surface area contributed by atoms with E-state index in [4.69, 9.17) is 11.6 Å². The zero-order chi connectivity index (χ0) is 19.9. The van der Waals surface area contributed by atoms with Crippen molar-refractivity contribution in [3.05, 3.63) is 58.2 Å². The molecule has 5 heteroatoms. The first-order valence-corrected chi connectivity index (χ1v) is 10.7. The molecule has 0 saturated carbocycles. The average Bonchev–Trinajstić information content (AvgIpc) is 2.99. The highest BCUT2D eigenvalue weighted by Crippen LogP contribution is 2.38. The summed E-state index contributed by atoms with van der Waals surface area (Å²) < 4.78 is 0. The van der Waals surface area contributed by atoms with Gasteiger partial charge in [0, 0.05) is 24.5 Å². The zero-order valence-corrected chi connectivity index (χ0v) is 17.7. The monoisotopic (exact) mass is 397 g/mol. The van der Waals surface area contributed by atoms with Gasteiger partial charge < -0.3 is 4.90 Å². The second-order valence-corrected chi connectivity index (χ2v) is 9.08. The molecular formula is C23H28ClN3O. The molecule has 0 aliphatic heterocycles. The fourth-order valence-electron chi connectivity index (χ4n) is 4.74. The lowest BCUT2D eigenvalue weighted by Crippen LogP contribution is -2.43. The van der Waals surface area contributed by atoms with E-state index in [0.29, 0.717) is 6.54 Å². The first-order valence-electron chi connectivity index (χ1n) is 10.2. The Morgan fingerprint density at radius 1 is 1.29 bits per heavy atom. The Balaban J connectivity index is 1.56. The van der Waals surface area contributed by atoms with Crippen LogP contribution < -0.4 is 0 Å². The van der Waals surface area contributed by atoms with Gasteiger partial charge in [0.05, 0.1) is 0 Å². The molecule has 0 N–H and O–H groups in total. The van der Waals surface area contributed by atoms with Crippen LogP contribution in [0.5, 0.6) is 0 Å². The molecule has 1 atom stereocenters. The van der Waals surface area contributed by atoms with Gasteiger partial charge in [-0.05, 0) is 66.7 Å². The van der Waals surface area contributed by atoms with Crippen molar-refractivity contribution in [2.45, 2.75) is 70.9 Å². The van der Waals surface area contributed by atoms with Crippen LogP contribution in [0.2, 0.25) is 0 Å². The Kier molecular flexibility index (Phi) is 5.17. The van der Waals surface area contributed by atoms with Gasteiger partial charge in [-0.1, -0.05) is 32.0 Å². The lowest BCUT2D eigenvalue weighted by Gasteiger charge is -2.35. The van der Waals surface area contributed by atoms with E-state index in [1.54, 1.807) is 0 Å². The van der Waals surface area contributed by atoms with Crippen LogP contribution in [0, 0.1) is 6.92 Å². The number of carbonyl (C=O) groups excluding carboxylic acids is 1. The van der Waals surface area contributed by atoms with E-state index in [2.05, 4.69) is 42.0 Å². The number of halogens is 1. The highest BCUT2D eigenvalue weighted by molar-refractivity contribution is 6.27. The molecule has 0 fully saturated rings. The first-order chi connectivity index (χ1) is 13.4. The molecule has 0 radical (unpaired) electrons. The maximum absolute atomic E-state index is 12.7. The molecular weight excluding hydrogens is 370 g/mol. The predicted molar refractivity (Wildman–Crippen MR) is 112 cm³/mol. The van der Waals surface area contributed by atoms with Crippen molar-refractivity contribution >= 4 is 17.5 Å². The van der Waals surface area contributed by atoms with Crippen LogP contribution in [0.1, 0.15) is 60.5 Å². The fraction of sp³-hybridized carbons (Fsp3) is 0.522. The number of benzene rings is 1. The van der Waals surface area contributed by atoms with Gasteiger partial charge in [-0.15, -0.1) is 11.6 Å².